The molecule has 0 aliphatic rings. The zero-order valence-electron chi connectivity index (χ0n) is 33.2. The van der Waals surface area contributed by atoms with E-state index >= 15 is 0 Å². The summed E-state index contributed by atoms with van der Waals surface area (Å²) in [5, 5.41) is 9.48. The second kappa shape index (κ2) is 14.3. The summed E-state index contributed by atoms with van der Waals surface area (Å²) in [6.45, 7) is 13.1. The van der Waals surface area contributed by atoms with Gasteiger partial charge in [0.05, 0.1) is 5.69 Å². The van der Waals surface area contributed by atoms with Gasteiger partial charge in [0.1, 0.15) is 5.82 Å². The number of aryl methyl sites for hydroxylation is 3. The maximum absolute atomic E-state index is 7.05. The van der Waals surface area contributed by atoms with E-state index in [9.17, 15) is 0 Å². The maximum Gasteiger partial charge on any atom is 2.00 e. The van der Waals surface area contributed by atoms with Crippen molar-refractivity contribution in [1.82, 2.24) is 23.9 Å². The molecule has 6 aromatic carbocycles. The molecule has 0 radical (unpaired) electrons. The molecule has 10 rings (SSSR count). The van der Waals surface area contributed by atoms with Crippen LogP contribution in [0.25, 0.3) is 72.1 Å². The molecule has 7 heteroatoms. The van der Waals surface area contributed by atoms with Crippen molar-refractivity contribution in [2.45, 2.75) is 47.0 Å². The van der Waals surface area contributed by atoms with Crippen molar-refractivity contribution in [2.75, 3.05) is 0 Å². The quantitative estimate of drug-likeness (QED) is 0.156. The van der Waals surface area contributed by atoms with E-state index < -0.39 is 0 Å². The number of fused-ring (bicyclic) bond motifs is 7. The Hall–Kier alpha value is -6.23. The van der Waals surface area contributed by atoms with E-state index in [1.165, 1.54) is 22.3 Å². The van der Waals surface area contributed by atoms with Gasteiger partial charge in [0.2, 0.25) is 0 Å². The Kier molecular flexibility index (Phi) is 9.21. The van der Waals surface area contributed by atoms with Gasteiger partial charge in [0, 0.05) is 46.2 Å². The monoisotopic (exact) mass is 934 g/mol. The van der Waals surface area contributed by atoms with Crippen LogP contribution in [0.15, 0.2) is 140 Å². The molecule has 0 unspecified atom stereocenters. The zero-order chi connectivity index (χ0) is 39.0. The summed E-state index contributed by atoms with van der Waals surface area (Å²) in [6, 6.07) is 51.8. The van der Waals surface area contributed by atoms with E-state index in [0.29, 0.717) is 11.5 Å². The minimum absolute atomic E-state index is 0. The van der Waals surface area contributed by atoms with Crippen molar-refractivity contribution in [3.63, 3.8) is 0 Å². The molecule has 0 fully saturated rings. The number of hydrogen-bond donors (Lipinski definition) is 0. The summed E-state index contributed by atoms with van der Waals surface area (Å²) in [5.74, 6) is 1.99. The van der Waals surface area contributed by atoms with E-state index in [1.807, 2.05) is 41.3 Å². The maximum atomic E-state index is 7.05. The van der Waals surface area contributed by atoms with Crippen LogP contribution in [-0.2, 0) is 26.5 Å². The molecule has 286 valence electrons. The van der Waals surface area contributed by atoms with Gasteiger partial charge in [-0.2, -0.15) is 11.2 Å². The third-order valence-corrected chi connectivity index (χ3v) is 11.0. The molecule has 0 spiro atoms. The molecule has 0 saturated heterocycles. The Bertz CT molecular complexity index is 3160. The first-order chi connectivity index (χ1) is 27.6. The fourth-order valence-corrected chi connectivity index (χ4v) is 8.57. The summed E-state index contributed by atoms with van der Waals surface area (Å²) < 4.78 is 13.5. The summed E-state index contributed by atoms with van der Waals surface area (Å²) in [4.78, 5) is 4.97. The van der Waals surface area contributed by atoms with Gasteiger partial charge in [-0.25, -0.2) is 4.98 Å². The average molecular weight is 935 g/mol. The van der Waals surface area contributed by atoms with Gasteiger partial charge in [-0.15, -0.1) is 24.3 Å². The number of hydrogen-bond acceptors (Lipinski definition) is 3. The molecule has 0 N–H and O–H groups in total. The first-order valence-electron chi connectivity index (χ1n) is 19.4. The van der Waals surface area contributed by atoms with Crippen LogP contribution < -0.4 is 4.74 Å². The van der Waals surface area contributed by atoms with Crippen LogP contribution in [0.3, 0.4) is 0 Å². The molecule has 6 nitrogen and oxygen atoms in total. The molecule has 0 bridgehead atoms. The molecule has 0 saturated carbocycles. The van der Waals surface area contributed by atoms with Crippen LogP contribution in [0, 0.1) is 32.9 Å². The summed E-state index contributed by atoms with van der Waals surface area (Å²) >= 11 is 0. The van der Waals surface area contributed by atoms with Crippen LogP contribution in [0.2, 0.25) is 0 Å². The fraction of sp³-hybridized carbons (Fsp3) is 0.137. The van der Waals surface area contributed by atoms with Crippen molar-refractivity contribution in [2.24, 2.45) is 0 Å². The molecule has 10 aromatic rings. The van der Waals surface area contributed by atoms with E-state index in [-0.39, 0.29) is 26.5 Å². The van der Waals surface area contributed by atoms with Gasteiger partial charge in [-0.3, -0.25) is 4.68 Å². The SMILES string of the molecule is Cc1cc(C)c(-c2ccn(-c3[c-]c(Oc4[c-]c5c(c6ccccc6n5-c5cc(C(C)(C)C)ccn5)c5c6ccccc6n(-c6ccccc6)c45)ccc3)n2)c(C)c1.[Pt+2]. The second-order valence-corrected chi connectivity index (χ2v) is 16.0. The normalized spacial score (nSPS) is 11.8. The minimum atomic E-state index is -0.0568. The first-order valence-corrected chi connectivity index (χ1v) is 19.4. The molecule has 0 atom stereocenters. The van der Waals surface area contributed by atoms with Crippen LogP contribution in [0.5, 0.6) is 11.5 Å². The number of ether oxygens (including phenoxy) is 1. The predicted molar refractivity (Wildman–Crippen MR) is 233 cm³/mol. The number of pyridine rings is 1. The number of nitrogens with zero attached hydrogens (tertiary/aromatic N) is 5. The third-order valence-electron chi connectivity index (χ3n) is 11.0. The van der Waals surface area contributed by atoms with Gasteiger partial charge >= 0.3 is 21.1 Å². The van der Waals surface area contributed by atoms with E-state index in [2.05, 4.69) is 166 Å². The second-order valence-electron chi connectivity index (χ2n) is 16.0. The van der Waals surface area contributed by atoms with E-state index in [4.69, 9.17) is 14.8 Å². The van der Waals surface area contributed by atoms with E-state index in [1.54, 1.807) is 0 Å². The smallest absolute Gasteiger partial charge is 0.507 e. The van der Waals surface area contributed by atoms with Gasteiger partial charge in [0.15, 0.2) is 0 Å². The molecule has 0 aliphatic heterocycles. The standard InChI is InChI=1S/C51H41N5O.Pt/c1-32-27-33(2)47(34(3)28-32)41-24-26-54(53-41)37-17-14-18-38(30-37)57-45-31-44-48(49-40-20-11-12-21-42(40)55(50(45)49)36-15-8-7-9-16-36)39-19-10-13-22-43(39)56(44)46-29-35(23-25-52-46)51(4,5)6;/h7-29H,1-6H3;/q-2;+2. The van der Waals surface area contributed by atoms with Crippen LogP contribution >= 0.6 is 0 Å². The van der Waals surface area contributed by atoms with E-state index in [0.717, 1.165) is 72.1 Å². The number of benzene rings is 6. The zero-order valence-corrected chi connectivity index (χ0v) is 35.5. The third kappa shape index (κ3) is 6.15. The summed E-state index contributed by atoms with van der Waals surface area (Å²) in [7, 11) is 0. The molecular weight excluding hydrogens is 894 g/mol. The number of rotatable bonds is 6. The molecule has 58 heavy (non-hydrogen) atoms. The van der Waals surface area contributed by atoms with Gasteiger partial charge < -0.3 is 13.9 Å². The van der Waals surface area contributed by atoms with Crippen molar-refractivity contribution in [1.29, 1.82) is 0 Å². The van der Waals surface area contributed by atoms with Crippen LogP contribution in [-0.4, -0.2) is 23.9 Å². The minimum Gasteiger partial charge on any atom is -0.507 e. The topological polar surface area (TPSA) is 49.8 Å². The predicted octanol–water partition coefficient (Wildman–Crippen LogP) is 12.7. The molecule has 0 amide bonds. The Balaban J connectivity index is 0.00000436. The Morgan fingerprint density at radius 1 is 0.655 bits per heavy atom. The summed E-state index contributed by atoms with van der Waals surface area (Å²) in [6.07, 6.45) is 3.90. The first kappa shape index (κ1) is 37.4. The van der Waals surface area contributed by atoms with Gasteiger partial charge in [-0.05, 0) is 107 Å². The van der Waals surface area contributed by atoms with Crippen LogP contribution in [0.1, 0.15) is 43.0 Å². The number of aromatic nitrogens is 5. The van der Waals surface area contributed by atoms with Crippen molar-refractivity contribution < 1.29 is 25.8 Å². The Morgan fingerprint density at radius 3 is 2.05 bits per heavy atom. The largest absolute Gasteiger partial charge is 2.00 e. The molecule has 0 aliphatic carbocycles. The van der Waals surface area contributed by atoms with Crippen molar-refractivity contribution in [3.05, 3.63) is 174 Å². The Morgan fingerprint density at radius 2 is 1.33 bits per heavy atom. The molecular formula is C51H41N5OPt. The van der Waals surface area contributed by atoms with Gasteiger partial charge in [0.25, 0.3) is 0 Å². The molecule has 4 aromatic heterocycles. The molecule has 4 heterocycles. The fourth-order valence-electron chi connectivity index (χ4n) is 8.57. The van der Waals surface area contributed by atoms with Crippen molar-refractivity contribution >= 4 is 43.6 Å². The summed E-state index contributed by atoms with van der Waals surface area (Å²) in [5.41, 5.74) is 12.7. The van der Waals surface area contributed by atoms with Crippen molar-refractivity contribution in [3.8, 4) is 39.9 Å². The van der Waals surface area contributed by atoms with Gasteiger partial charge in [-0.1, -0.05) is 109 Å². The van der Waals surface area contributed by atoms with Crippen LogP contribution in [0.4, 0.5) is 0 Å². The Labute approximate surface area is 352 Å². The average Bonchev–Trinajstić information content (AvgIpc) is 3.91. The number of para-hydroxylation sites is 3.